The molecule has 2 atom stereocenters. The van der Waals surface area contributed by atoms with Gasteiger partial charge in [-0.2, -0.15) is 0 Å². The minimum atomic E-state index is -0.522. The van der Waals surface area contributed by atoms with Crippen molar-refractivity contribution >= 4 is 23.2 Å². The quantitative estimate of drug-likeness (QED) is 0.788. The first-order valence-electron chi connectivity index (χ1n) is 6.55. The molecule has 0 spiro atoms. The third-order valence-electron chi connectivity index (χ3n) is 4.25. The Morgan fingerprint density at radius 1 is 1.28 bits per heavy atom. The SMILES string of the molecule is CC1(C)CCCCC1C(O)c1cc(Cl)ccc1Cl. The number of hydrogen-bond acceptors (Lipinski definition) is 1. The minimum Gasteiger partial charge on any atom is -0.388 e. The predicted molar refractivity (Wildman–Crippen MR) is 77.2 cm³/mol. The zero-order chi connectivity index (χ0) is 13.3. The van der Waals surface area contributed by atoms with Crippen LogP contribution in [0.1, 0.15) is 51.2 Å². The Hall–Kier alpha value is -0.240. The van der Waals surface area contributed by atoms with Crippen LogP contribution in [0, 0.1) is 11.3 Å². The summed E-state index contributed by atoms with van der Waals surface area (Å²) in [6, 6.07) is 5.31. The van der Waals surface area contributed by atoms with Crippen LogP contribution in [0.25, 0.3) is 0 Å². The molecule has 18 heavy (non-hydrogen) atoms. The van der Waals surface area contributed by atoms with E-state index in [0.717, 1.165) is 18.4 Å². The van der Waals surface area contributed by atoms with Crippen LogP contribution < -0.4 is 0 Å². The van der Waals surface area contributed by atoms with E-state index in [1.165, 1.54) is 12.8 Å². The second-order valence-corrected chi connectivity index (χ2v) is 6.80. The van der Waals surface area contributed by atoms with Crippen molar-refractivity contribution in [2.75, 3.05) is 0 Å². The molecule has 3 heteroatoms. The molecule has 1 nitrogen and oxygen atoms in total. The summed E-state index contributed by atoms with van der Waals surface area (Å²) in [5.41, 5.74) is 0.924. The van der Waals surface area contributed by atoms with Gasteiger partial charge in [0, 0.05) is 15.6 Å². The Labute approximate surface area is 119 Å². The summed E-state index contributed by atoms with van der Waals surface area (Å²) >= 11 is 12.2. The Morgan fingerprint density at radius 3 is 2.67 bits per heavy atom. The van der Waals surface area contributed by atoms with Crippen LogP contribution in [-0.4, -0.2) is 5.11 Å². The van der Waals surface area contributed by atoms with Gasteiger partial charge in [-0.1, -0.05) is 49.9 Å². The molecule has 0 amide bonds. The van der Waals surface area contributed by atoms with Crippen molar-refractivity contribution in [3.63, 3.8) is 0 Å². The summed E-state index contributed by atoms with van der Waals surface area (Å²) in [5.74, 6) is 0.252. The van der Waals surface area contributed by atoms with Crippen LogP contribution in [0.4, 0.5) is 0 Å². The molecule has 0 heterocycles. The fourth-order valence-electron chi connectivity index (χ4n) is 3.06. The molecule has 1 saturated carbocycles. The molecule has 1 N–H and O–H groups in total. The van der Waals surface area contributed by atoms with Gasteiger partial charge in [0.1, 0.15) is 0 Å². The fraction of sp³-hybridized carbons (Fsp3) is 0.600. The molecule has 0 bridgehead atoms. The molecule has 2 rings (SSSR count). The number of aliphatic hydroxyl groups is 1. The Bertz CT molecular complexity index is 429. The topological polar surface area (TPSA) is 20.2 Å². The molecule has 0 radical (unpaired) electrons. The van der Waals surface area contributed by atoms with E-state index in [1.807, 2.05) is 0 Å². The average Bonchev–Trinajstić information content (AvgIpc) is 2.31. The van der Waals surface area contributed by atoms with Crippen molar-refractivity contribution in [2.45, 2.75) is 45.6 Å². The third kappa shape index (κ3) is 2.84. The Balaban J connectivity index is 2.29. The summed E-state index contributed by atoms with van der Waals surface area (Å²) < 4.78 is 0. The molecule has 1 aliphatic carbocycles. The highest BCUT2D eigenvalue weighted by Gasteiger charge is 2.38. The second kappa shape index (κ2) is 5.40. The van der Waals surface area contributed by atoms with Crippen molar-refractivity contribution in [1.29, 1.82) is 0 Å². The van der Waals surface area contributed by atoms with Crippen molar-refractivity contribution in [1.82, 2.24) is 0 Å². The van der Waals surface area contributed by atoms with Gasteiger partial charge in [0.25, 0.3) is 0 Å². The molecule has 1 fully saturated rings. The molecule has 1 aromatic rings. The van der Waals surface area contributed by atoms with Gasteiger partial charge in [-0.05, 0) is 42.4 Å². The number of hydrogen-bond donors (Lipinski definition) is 1. The molecule has 1 aliphatic rings. The normalized spacial score (nSPS) is 24.8. The second-order valence-electron chi connectivity index (χ2n) is 5.95. The lowest BCUT2D eigenvalue weighted by Crippen LogP contribution is -2.32. The van der Waals surface area contributed by atoms with Crippen LogP contribution in [0.5, 0.6) is 0 Å². The van der Waals surface area contributed by atoms with Crippen molar-refractivity contribution in [3.05, 3.63) is 33.8 Å². The smallest absolute Gasteiger partial charge is 0.0838 e. The molecule has 0 aromatic heterocycles. The van der Waals surface area contributed by atoms with Gasteiger partial charge in [-0.15, -0.1) is 0 Å². The van der Waals surface area contributed by atoms with E-state index < -0.39 is 6.10 Å². The van der Waals surface area contributed by atoms with Crippen LogP contribution in [0.2, 0.25) is 10.0 Å². The maximum Gasteiger partial charge on any atom is 0.0838 e. The highest BCUT2D eigenvalue weighted by Crippen LogP contribution is 2.47. The first kappa shape index (κ1) is 14.2. The highest BCUT2D eigenvalue weighted by atomic mass is 35.5. The summed E-state index contributed by atoms with van der Waals surface area (Å²) in [5, 5.41) is 11.9. The van der Waals surface area contributed by atoms with Gasteiger partial charge in [-0.25, -0.2) is 0 Å². The summed E-state index contributed by atoms with van der Waals surface area (Å²) in [7, 11) is 0. The minimum absolute atomic E-state index is 0.156. The zero-order valence-corrected chi connectivity index (χ0v) is 12.4. The van der Waals surface area contributed by atoms with Crippen LogP contribution in [-0.2, 0) is 0 Å². The largest absolute Gasteiger partial charge is 0.388 e. The van der Waals surface area contributed by atoms with Gasteiger partial charge in [-0.3, -0.25) is 0 Å². The Morgan fingerprint density at radius 2 is 2.00 bits per heavy atom. The monoisotopic (exact) mass is 286 g/mol. The van der Waals surface area contributed by atoms with Gasteiger partial charge < -0.3 is 5.11 Å². The highest BCUT2D eigenvalue weighted by molar-refractivity contribution is 6.33. The first-order chi connectivity index (χ1) is 8.42. The maximum atomic E-state index is 10.6. The van der Waals surface area contributed by atoms with Crippen LogP contribution in [0.15, 0.2) is 18.2 Å². The molecule has 0 saturated heterocycles. The fourth-order valence-corrected chi connectivity index (χ4v) is 3.47. The summed E-state index contributed by atoms with van der Waals surface area (Å²) in [6.07, 6.45) is 4.12. The third-order valence-corrected chi connectivity index (χ3v) is 4.83. The number of aliphatic hydroxyl groups excluding tert-OH is 1. The first-order valence-corrected chi connectivity index (χ1v) is 7.30. The Kier molecular flexibility index (Phi) is 4.25. The van der Waals surface area contributed by atoms with E-state index >= 15 is 0 Å². The van der Waals surface area contributed by atoms with Crippen molar-refractivity contribution in [2.24, 2.45) is 11.3 Å². The van der Waals surface area contributed by atoms with E-state index in [0.29, 0.717) is 10.0 Å². The molecule has 2 unspecified atom stereocenters. The summed E-state index contributed by atoms with van der Waals surface area (Å²) in [4.78, 5) is 0. The van der Waals surface area contributed by atoms with Crippen LogP contribution >= 0.6 is 23.2 Å². The van der Waals surface area contributed by atoms with E-state index in [2.05, 4.69) is 13.8 Å². The van der Waals surface area contributed by atoms with E-state index in [1.54, 1.807) is 18.2 Å². The predicted octanol–water partition coefficient (Wildman–Crippen LogP) is 5.24. The molecular weight excluding hydrogens is 267 g/mol. The molecule has 100 valence electrons. The molecular formula is C15H20Cl2O. The number of benzene rings is 1. The van der Waals surface area contributed by atoms with Gasteiger partial charge in [0.15, 0.2) is 0 Å². The molecule has 1 aromatic carbocycles. The average molecular weight is 287 g/mol. The van der Waals surface area contributed by atoms with E-state index in [-0.39, 0.29) is 11.3 Å². The standard InChI is InChI=1S/C15H20Cl2O/c1-15(2)8-4-3-5-12(15)14(18)11-9-10(16)6-7-13(11)17/h6-7,9,12,14,18H,3-5,8H2,1-2H3. The van der Waals surface area contributed by atoms with Crippen molar-refractivity contribution < 1.29 is 5.11 Å². The van der Waals surface area contributed by atoms with Gasteiger partial charge >= 0.3 is 0 Å². The lowest BCUT2D eigenvalue weighted by Gasteiger charge is -2.41. The van der Waals surface area contributed by atoms with Gasteiger partial charge in [0.05, 0.1) is 6.10 Å². The van der Waals surface area contributed by atoms with Crippen molar-refractivity contribution in [3.8, 4) is 0 Å². The maximum absolute atomic E-state index is 10.6. The summed E-state index contributed by atoms with van der Waals surface area (Å²) in [6.45, 7) is 4.47. The van der Waals surface area contributed by atoms with E-state index in [9.17, 15) is 5.11 Å². The van der Waals surface area contributed by atoms with Gasteiger partial charge in [0.2, 0.25) is 0 Å². The van der Waals surface area contributed by atoms with E-state index in [4.69, 9.17) is 23.2 Å². The lowest BCUT2D eigenvalue weighted by atomic mass is 9.65. The van der Waals surface area contributed by atoms with Crippen LogP contribution in [0.3, 0.4) is 0 Å². The lowest BCUT2D eigenvalue weighted by molar-refractivity contribution is 0.00392. The number of rotatable bonds is 2. The number of halogens is 2. The zero-order valence-electron chi connectivity index (χ0n) is 10.9. The molecule has 0 aliphatic heterocycles.